The molecule has 0 fully saturated rings. The summed E-state index contributed by atoms with van der Waals surface area (Å²) in [5.41, 5.74) is 1.21. The Morgan fingerprint density at radius 2 is 1.84 bits per heavy atom. The van der Waals surface area contributed by atoms with E-state index >= 15 is 0 Å². The maximum Gasteiger partial charge on any atom is 0.185 e. The largest absolute Gasteiger partial charge is 0.508 e. The van der Waals surface area contributed by atoms with E-state index in [1.165, 1.54) is 12.1 Å². The fourth-order valence-corrected chi connectivity index (χ4v) is 1.84. The molecule has 0 heterocycles. The van der Waals surface area contributed by atoms with E-state index in [2.05, 4.69) is 0 Å². The van der Waals surface area contributed by atoms with Crippen LogP contribution < -0.4 is 0 Å². The molecule has 0 atom stereocenters. The highest BCUT2D eigenvalue weighted by atomic mass is 35.5. The van der Waals surface area contributed by atoms with Gasteiger partial charge in [-0.15, -0.1) is 0 Å². The van der Waals surface area contributed by atoms with Crippen LogP contribution in [0.4, 0.5) is 0 Å². The molecule has 0 amide bonds. The van der Waals surface area contributed by atoms with Crippen molar-refractivity contribution in [1.82, 2.24) is 0 Å². The number of phenolic OH excluding ortho intramolecular Hbond substituents is 1. The lowest BCUT2D eigenvalue weighted by atomic mass is 10.1. The van der Waals surface area contributed by atoms with Crippen molar-refractivity contribution in [2.24, 2.45) is 0 Å². The molecule has 0 saturated heterocycles. The Morgan fingerprint density at radius 1 is 1.05 bits per heavy atom. The molecule has 2 rings (SSSR count). The molecule has 96 valence electrons. The number of aromatic hydroxyl groups is 1. The van der Waals surface area contributed by atoms with E-state index in [-0.39, 0.29) is 11.5 Å². The molecule has 0 saturated carbocycles. The van der Waals surface area contributed by atoms with Crippen LogP contribution in [0, 0.1) is 0 Å². The standard InChI is InChI=1S/C15H10Cl2O2/c16-13-6-5-11(9-14(13)17)15(19)7-4-10-2-1-3-12(18)8-10/h1-9,18H/b7-4+. The summed E-state index contributed by atoms with van der Waals surface area (Å²) in [6.45, 7) is 0. The van der Waals surface area contributed by atoms with Crippen molar-refractivity contribution in [3.05, 3.63) is 69.7 Å². The van der Waals surface area contributed by atoms with Crippen LogP contribution in [-0.2, 0) is 0 Å². The second-order valence-corrected chi connectivity index (χ2v) is 4.74. The molecule has 4 heteroatoms. The minimum absolute atomic E-state index is 0.157. The lowest BCUT2D eigenvalue weighted by Gasteiger charge is -1.99. The quantitative estimate of drug-likeness (QED) is 0.663. The molecule has 0 spiro atoms. The third kappa shape index (κ3) is 3.60. The maximum atomic E-state index is 11.9. The minimum Gasteiger partial charge on any atom is -0.508 e. The second-order valence-electron chi connectivity index (χ2n) is 3.92. The number of halogens is 2. The first-order valence-corrected chi connectivity index (χ1v) is 6.28. The van der Waals surface area contributed by atoms with Gasteiger partial charge < -0.3 is 5.11 Å². The number of benzene rings is 2. The highest BCUT2D eigenvalue weighted by Gasteiger charge is 2.05. The number of hydrogen-bond acceptors (Lipinski definition) is 2. The van der Waals surface area contributed by atoms with Gasteiger partial charge in [0, 0.05) is 5.56 Å². The Hall–Kier alpha value is -1.77. The number of phenols is 1. The van der Waals surface area contributed by atoms with Gasteiger partial charge in [-0.3, -0.25) is 4.79 Å². The van der Waals surface area contributed by atoms with Crippen molar-refractivity contribution in [1.29, 1.82) is 0 Å². The number of ketones is 1. The summed E-state index contributed by atoms with van der Waals surface area (Å²) in [6, 6.07) is 11.4. The summed E-state index contributed by atoms with van der Waals surface area (Å²) >= 11 is 11.6. The van der Waals surface area contributed by atoms with E-state index in [1.807, 2.05) is 0 Å². The van der Waals surface area contributed by atoms with Crippen molar-refractivity contribution in [2.75, 3.05) is 0 Å². The molecule has 2 aromatic rings. The lowest BCUT2D eigenvalue weighted by molar-refractivity contribution is 0.104. The van der Waals surface area contributed by atoms with Crippen molar-refractivity contribution < 1.29 is 9.90 Å². The van der Waals surface area contributed by atoms with Crippen LogP contribution in [0.1, 0.15) is 15.9 Å². The van der Waals surface area contributed by atoms with E-state index in [0.717, 1.165) is 5.56 Å². The first-order valence-electron chi connectivity index (χ1n) is 5.53. The van der Waals surface area contributed by atoms with Gasteiger partial charge in [0.25, 0.3) is 0 Å². The van der Waals surface area contributed by atoms with Gasteiger partial charge in [0.05, 0.1) is 10.0 Å². The second kappa shape index (κ2) is 5.91. The molecule has 1 N–H and O–H groups in total. The zero-order chi connectivity index (χ0) is 13.8. The molecule has 0 aliphatic heterocycles. The summed E-state index contributed by atoms with van der Waals surface area (Å²) in [6.07, 6.45) is 3.05. The number of rotatable bonds is 3. The van der Waals surface area contributed by atoms with Gasteiger partial charge in [-0.05, 0) is 42.0 Å². The number of allylic oxidation sites excluding steroid dienone is 1. The van der Waals surface area contributed by atoms with Crippen LogP contribution in [0.3, 0.4) is 0 Å². The Morgan fingerprint density at radius 3 is 2.53 bits per heavy atom. The summed E-state index contributed by atoms with van der Waals surface area (Å²) in [5, 5.41) is 10.1. The van der Waals surface area contributed by atoms with E-state index in [9.17, 15) is 9.90 Å². The average molecular weight is 293 g/mol. The van der Waals surface area contributed by atoms with E-state index < -0.39 is 0 Å². The molecule has 0 aliphatic rings. The van der Waals surface area contributed by atoms with Crippen LogP contribution in [0.2, 0.25) is 10.0 Å². The normalized spacial score (nSPS) is 10.8. The zero-order valence-electron chi connectivity index (χ0n) is 9.81. The van der Waals surface area contributed by atoms with Crippen LogP contribution in [0.15, 0.2) is 48.5 Å². The Labute approximate surface area is 120 Å². The summed E-state index contributed by atoms with van der Waals surface area (Å²) < 4.78 is 0. The van der Waals surface area contributed by atoms with Crippen molar-refractivity contribution in [3.8, 4) is 5.75 Å². The van der Waals surface area contributed by atoms with Crippen LogP contribution in [0.5, 0.6) is 5.75 Å². The molecule has 0 aliphatic carbocycles. The predicted molar refractivity (Wildman–Crippen MR) is 77.9 cm³/mol. The Balaban J connectivity index is 2.19. The zero-order valence-corrected chi connectivity index (χ0v) is 11.3. The number of carbonyl (C=O) groups is 1. The number of carbonyl (C=O) groups excluding carboxylic acids is 1. The topological polar surface area (TPSA) is 37.3 Å². The molecule has 2 aromatic carbocycles. The molecule has 0 radical (unpaired) electrons. The summed E-state index contributed by atoms with van der Waals surface area (Å²) in [7, 11) is 0. The Kier molecular flexibility index (Phi) is 4.25. The monoisotopic (exact) mass is 292 g/mol. The van der Waals surface area contributed by atoms with Crippen molar-refractivity contribution in [3.63, 3.8) is 0 Å². The molecule has 0 unspecified atom stereocenters. The van der Waals surface area contributed by atoms with Gasteiger partial charge in [0.2, 0.25) is 0 Å². The third-order valence-electron chi connectivity index (χ3n) is 2.50. The van der Waals surface area contributed by atoms with Crippen molar-refractivity contribution in [2.45, 2.75) is 0 Å². The van der Waals surface area contributed by atoms with Crippen LogP contribution in [0.25, 0.3) is 6.08 Å². The first kappa shape index (κ1) is 13.7. The molecule has 0 aromatic heterocycles. The molecular formula is C15H10Cl2O2. The van der Waals surface area contributed by atoms with Crippen molar-refractivity contribution >= 4 is 35.1 Å². The van der Waals surface area contributed by atoms with E-state index in [0.29, 0.717) is 15.6 Å². The number of hydrogen-bond donors (Lipinski definition) is 1. The Bertz CT molecular complexity index is 648. The highest BCUT2D eigenvalue weighted by Crippen LogP contribution is 2.23. The summed E-state index contributed by atoms with van der Waals surface area (Å²) in [5.74, 6) is -0.0222. The smallest absolute Gasteiger partial charge is 0.185 e. The lowest BCUT2D eigenvalue weighted by Crippen LogP contribution is -1.93. The van der Waals surface area contributed by atoms with E-state index in [1.54, 1.807) is 42.5 Å². The minimum atomic E-state index is -0.179. The SMILES string of the molecule is O=C(/C=C/c1cccc(O)c1)c1ccc(Cl)c(Cl)c1. The fraction of sp³-hybridized carbons (Fsp3) is 0. The van der Waals surface area contributed by atoms with Gasteiger partial charge in [0.15, 0.2) is 5.78 Å². The van der Waals surface area contributed by atoms with Gasteiger partial charge in [-0.1, -0.05) is 41.4 Å². The van der Waals surface area contributed by atoms with Gasteiger partial charge in [-0.2, -0.15) is 0 Å². The molecule has 2 nitrogen and oxygen atoms in total. The van der Waals surface area contributed by atoms with Crippen LogP contribution >= 0.6 is 23.2 Å². The molecular weight excluding hydrogens is 283 g/mol. The van der Waals surface area contributed by atoms with Gasteiger partial charge >= 0.3 is 0 Å². The average Bonchev–Trinajstić information content (AvgIpc) is 2.39. The van der Waals surface area contributed by atoms with E-state index in [4.69, 9.17) is 23.2 Å². The molecule has 19 heavy (non-hydrogen) atoms. The predicted octanol–water partition coefficient (Wildman–Crippen LogP) is 4.60. The maximum absolute atomic E-state index is 11.9. The molecule has 0 bridgehead atoms. The first-order chi connectivity index (χ1) is 9.06. The third-order valence-corrected chi connectivity index (χ3v) is 3.24. The van der Waals surface area contributed by atoms with Gasteiger partial charge in [-0.25, -0.2) is 0 Å². The van der Waals surface area contributed by atoms with Crippen LogP contribution in [-0.4, -0.2) is 10.9 Å². The summed E-state index contributed by atoms with van der Waals surface area (Å²) in [4.78, 5) is 11.9. The van der Waals surface area contributed by atoms with Gasteiger partial charge in [0.1, 0.15) is 5.75 Å². The fourth-order valence-electron chi connectivity index (χ4n) is 1.55. The highest BCUT2D eigenvalue weighted by molar-refractivity contribution is 6.42.